The molecule has 0 fully saturated rings. The van der Waals surface area contributed by atoms with Gasteiger partial charge in [-0.3, -0.25) is 4.79 Å². The maximum Gasteiger partial charge on any atom is 0.248 e. The van der Waals surface area contributed by atoms with Crippen molar-refractivity contribution in [2.24, 2.45) is 5.73 Å². The molecule has 19 heavy (non-hydrogen) atoms. The number of benzene rings is 2. The summed E-state index contributed by atoms with van der Waals surface area (Å²) in [7, 11) is 0. The predicted octanol–water partition coefficient (Wildman–Crippen LogP) is 3.07. The number of rotatable bonds is 3. The summed E-state index contributed by atoms with van der Waals surface area (Å²) in [6.07, 6.45) is 0. The van der Waals surface area contributed by atoms with Crippen molar-refractivity contribution in [2.75, 3.05) is 11.1 Å². The van der Waals surface area contributed by atoms with Crippen LogP contribution in [0.3, 0.4) is 0 Å². The fourth-order valence-electron chi connectivity index (χ4n) is 1.71. The normalized spacial score (nSPS) is 10.2. The number of nitrogen functional groups attached to an aromatic ring is 1. The van der Waals surface area contributed by atoms with Gasteiger partial charge >= 0.3 is 0 Å². The van der Waals surface area contributed by atoms with Crippen LogP contribution in [0.5, 0.6) is 0 Å². The highest BCUT2D eigenvalue weighted by Gasteiger charge is 2.07. The van der Waals surface area contributed by atoms with Crippen LogP contribution in [0.2, 0.25) is 5.02 Å². The molecule has 0 bridgehead atoms. The van der Waals surface area contributed by atoms with Crippen molar-refractivity contribution in [1.82, 2.24) is 0 Å². The van der Waals surface area contributed by atoms with Crippen molar-refractivity contribution in [1.29, 1.82) is 0 Å². The second-order valence-corrected chi connectivity index (χ2v) is 4.61. The van der Waals surface area contributed by atoms with Crippen molar-refractivity contribution < 1.29 is 4.79 Å². The fourth-order valence-corrected chi connectivity index (χ4v) is 1.88. The number of hydrogen-bond donors (Lipinski definition) is 3. The maximum absolute atomic E-state index is 11.2. The molecule has 2 aromatic rings. The van der Waals surface area contributed by atoms with Gasteiger partial charge < -0.3 is 16.8 Å². The molecule has 0 saturated carbocycles. The zero-order valence-corrected chi connectivity index (χ0v) is 11.2. The van der Waals surface area contributed by atoms with E-state index in [1.54, 1.807) is 18.2 Å². The minimum Gasteiger partial charge on any atom is -0.397 e. The van der Waals surface area contributed by atoms with E-state index in [0.29, 0.717) is 22.0 Å². The highest BCUT2D eigenvalue weighted by Crippen LogP contribution is 2.29. The van der Waals surface area contributed by atoms with Crippen LogP contribution in [0.25, 0.3) is 0 Å². The van der Waals surface area contributed by atoms with Crippen LogP contribution in [0.4, 0.5) is 17.1 Å². The standard InChI is InChI=1S/C14H14ClN3O/c1-8-10(15)3-2-4-12(8)18-13-7-9(14(17)19)5-6-11(13)16/h2-7,18H,16H2,1H3,(H2,17,19). The third kappa shape index (κ3) is 2.80. The van der Waals surface area contributed by atoms with E-state index in [4.69, 9.17) is 23.1 Å². The monoisotopic (exact) mass is 275 g/mol. The first-order chi connectivity index (χ1) is 8.99. The van der Waals surface area contributed by atoms with E-state index in [0.717, 1.165) is 11.3 Å². The number of nitrogens with two attached hydrogens (primary N) is 2. The van der Waals surface area contributed by atoms with Crippen LogP contribution in [0.1, 0.15) is 15.9 Å². The molecule has 98 valence electrons. The van der Waals surface area contributed by atoms with Crippen LogP contribution >= 0.6 is 11.6 Å². The molecule has 2 rings (SSSR count). The van der Waals surface area contributed by atoms with Crippen LogP contribution in [-0.2, 0) is 0 Å². The molecule has 0 saturated heterocycles. The average Bonchev–Trinajstić information content (AvgIpc) is 2.37. The lowest BCUT2D eigenvalue weighted by molar-refractivity contribution is 0.100. The summed E-state index contributed by atoms with van der Waals surface area (Å²) in [6, 6.07) is 10.4. The Morgan fingerprint density at radius 1 is 1.21 bits per heavy atom. The van der Waals surface area contributed by atoms with Crippen molar-refractivity contribution in [2.45, 2.75) is 6.92 Å². The van der Waals surface area contributed by atoms with E-state index in [2.05, 4.69) is 5.32 Å². The highest BCUT2D eigenvalue weighted by molar-refractivity contribution is 6.31. The number of nitrogens with one attached hydrogen (secondary N) is 1. The lowest BCUT2D eigenvalue weighted by Gasteiger charge is -2.13. The summed E-state index contributed by atoms with van der Waals surface area (Å²) in [5.74, 6) is -0.495. The first-order valence-corrected chi connectivity index (χ1v) is 6.08. The van der Waals surface area contributed by atoms with E-state index < -0.39 is 5.91 Å². The third-order valence-electron chi connectivity index (χ3n) is 2.87. The molecule has 5 N–H and O–H groups in total. The zero-order chi connectivity index (χ0) is 14.0. The molecule has 0 heterocycles. The van der Waals surface area contributed by atoms with Crippen LogP contribution in [-0.4, -0.2) is 5.91 Å². The topological polar surface area (TPSA) is 81.1 Å². The highest BCUT2D eigenvalue weighted by atomic mass is 35.5. The molecule has 5 heteroatoms. The van der Waals surface area contributed by atoms with Gasteiger partial charge in [-0.15, -0.1) is 0 Å². The van der Waals surface area contributed by atoms with E-state index >= 15 is 0 Å². The Morgan fingerprint density at radius 3 is 2.63 bits per heavy atom. The molecule has 0 radical (unpaired) electrons. The Bertz CT molecular complexity index is 641. The first kappa shape index (κ1) is 13.2. The smallest absolute Gasteiger partial charge is 0.248 e. The van der Waals surface area contributed by atoms with Gasteiger partial charge in [0.1, 0.15) is 0 Å². The van der Waals surface area contributed by atoms with Gasteiger partial charge in [-0.05, 0) is 42.8 Å². The van der Waals surface area contributed by atoms with Gasteiger partial charge in [-0.1, -0.05) is 17.7 Å². The molecular formula is C14H14ClN3O. The van der Waals surface area contributed by atoms with Gasteiger partial charge in [0.15, 0.2) is 0 Å². The molecule has 0 spiro atoms. The predicted molar refractivity (Wildman–Crippen MR) is 78.8 cm³/mol. The van der Waals surface area contributed by atoms with Crippen LogP contribution in [0, 0.1) is 6.92 Å². The minimum atomic E-state index is -0.495. The molecule has 1 amide bonds. The van der Waals surface area contributed by atoms with E-state index in [-0.39, 0.29) is 0 Å². The van der Waals surface area contributed by atoms with Gasteiger partial charge in [-0.2, -0.15) is 0 Å². The summed E-state index contributed by atoms with van der Waals surface area (Å²) >= 11 is 6.06. The average molecular weight is 276 g/mol. The molecule has 0 unspecified atom stereocenters. The Labute approximate surface area is 116 Å². The molecule has 0 atom stereocenters. The zero-order valence-electron chi connectivity index (χ0n) is 10.4. The van der Waals surface area contributed by atoms with Gasteiger partial charge in [0, 0.05) is 16.3 Å². The summed E-state index contributed by atoms with van der Waals surface area (Å²) in [6.45, 7) is 1.90. The van der Waals surface area contributed by atoms with Gasteiger partial charge in [-0.25, -0.2) is 0 Å². The molecule has 0 aliphatic heterocycles. The van der Waals surface area contributed by atoms with E-state index in [1.165, 1.54) is 0 Å². The van der Waals surface area contributed by atoms with Crippen molar-refractivity contribution in [3.8, 4) is 0 Å². The van der Waals surface area contributed by atoms with E-state index in [1.807, 2.05) is 25.1 Å². The Hall–Kier alpha value is -2.20. The van der Waals surface area contributed by atoms with Crippen molar-refractivity contribution >= 4 is 34.6 Å². The Balaban J connectivity index is 2.40. The number of amides is 1. The molecular weight excluding hydrogens is 262 g/mol. The van der Waals surface area contributed by atoms with Gasteiger partial charge in [0.05, 0.1) is 11.4 Å². The summed E-state index contributed by atoms with van der Waals surface area (Å²) in [4.78, 5) is 11.2. The largest absolute Gasteiger partial charge is 0.397 e. The number of anilines is 3. The summed E-state index contributed by atoms with van der Waals surface area (Å²) in [5.41, 5.74) is 14.4. The van der Waals surface area contributed by atoms with E-state index in [9.17, 15) is 4.79 Å². The molecule has 2 aromatic carbocycles. The second-order valence-electron chi connectivity index (χ2n) is 4.20. The maximum atomic E-state index is 11.2. The van der Waals surface area contributed by atoms with Gasteiger partial charge in [0.25, 0.3) is 0 Å². The van der Waals surface area contributed by atoms with Crippen LogP contribution < -0.4 is 16.8 Å². The lowest BCUT2D eigenvalue weighted by Crippen LogP contribution is -2.11. The van der Waals surface area contributed by atoms with Crippen molar-refractivity contribution in [3.05, 3.63) is 52.5 Å². The summed E-state index contributed by atoms with van der Waals surface area (Å²) in [5, 5.41) is 3.82. The Kier molecular flexibility index (Phi) is 3.62. The molecule has 4 nitrogen and oxygen atoms in total. The SMILES string of the molecule is Cc1c(Cl)cccc1Nc1cc(C(N)=O)ccc1N. The van der Waals surface area contributed by atoms with Crippen molar-refractivity contribution in [3.63, 3.8) is 0 Å². The number of hydrogen-bond acceptors (Lipinski definition) is 3. The second kappa shape index (κ2) is 5.20. The lowest BCUT2D eigenvalue weighted by atomic mass is 10.1. The number of carbonyl (C=O) groups excluding carboxylic acids is 1. The quantitative estimate of drug-likeness (QED) is 0.753. The number of halogens is 1. The molecule has 0 aliphatic carbocycles. The Morgan fingerprint density at radius 2 is 1.95 bits per heavy atom. The summed E-state index contributed by atoms with van der Waals surface area (Å²) < 4.78 is 0. The first-order valence-electron chi connectivity index (χ1n) is 5.70. The number of carbonyl (C=O) groups is 1. The third-order valence-corrected chi connectivity index (χ3v) is 3.28. The number of primary amides is 1. The fraction of sp³-hybridized carbons (Fsp3) is 0.0714. The molecule has 0 aromatic heterocycles. The minimum absolute atomic E-state index is 0.399. The van der Waals surface area contributed by atoms with Gasteiger partial charge in [0.2, 0.25) is 5.91 Å². The van der Waals surface area contributed by atoms with Crippen LogP contribution in [0.15, 0.2) is 36.4 Å². The molecule has 0 aliphatic rings.